The molecule has 0 heterocycles. The quantitative estimate of drug-likeness (QED) is 0.231. The number of hydrogen-bond donors (Lipinski definition) is 0. The molecule has 0 radical (unpaired) electrons. The number of carbonyl (C=O) groups excluding carboxylic acids is 3. The maximum absolute atomic E-state index is 11.4. The molecule has 0 aromatic heterocycles. The minimum absolute atomic E-state index is 0. The van der Waals surface area contributed by atoms with Gasteiger partial charge < -0.3 is 14.2 Å². The Bertz CT molecular complexity index is 277. The monoisotopic (exact) mass is 1030 g/mol. The van der Waals surface area contributed by atoms with E-state index in [2.05, 4.69) is 35.5 Å². The topological polar surface area (TPSA) is 78.9 Å². The first kappa shape index (κ1) is 23.9. The summed E-state index contributed by atoms with van der Waals surface area (Å²) in [5, 5.41) is 0. The first-order chi connectivity index (χ1) is 7.39. The van der Waals surface area contributed by atoms with Crippen LogP contribution in [-0.2, 0) is 28.6 Å². The summed E-state index contributed by atoms with van der Waals surface area (Å²) in [6.45, 7) is 1.36. The zero-order valence-corrected chi connectivity index (χ0v) is 30.3. The molecular weight excluding hydrogens is 1020 g/mol. The van der Waals surface area contributed by atoms with E-state index < -0.39 is 23.3 Å². The van der Waals surface area contributed by atoms with Crippen LogP contribution in [0, 0.1) is 26.7 Å². The Morgan fingerprint density at radius 2 is 1.16 bits per heavy atom. The van der Waals surface area contributed by atoms with Crippen LogP contribution in [0.4, 0.5) is 0 Å². The van der Waals surface area contributed by atoms with E-state index in [-0.39, 0.29) is 12.8 Å². The van der Waals surface area contributed by atoms with Gasteiger partial charge in [-0.15, -0.1) is 0 Å². The van der Waals surface area contributed by atoms with Gasteiger partial charge in [0.15, 0.2) is 0 Å². The molecule has 0 aromatic rings. The molecule has 9 heteroatoms. The Balaban J connectivity index is -0.000000375. The summed E-state index contributed by atoms with van der Waals surface area (Å²) in [5.74, 6) is -2.31. The van der Waals surface area contributed by atoms with Gasteiger partial charge in [-0.1, -0.05) is 0 Å². The molecule has 0 aliphatic rings. The van der Waals surface area contributed by atoms with Gasteiger partial charge in [0.1, 0.15) is 0 Å². The molecule has 6 nitrogen and oxygen atoms in total. The van der Waals surface area contributed by atoms with Gasteiger partial charge in [0, 0.05) is 0 Å². The number of carbonyl (C=O) groups is 3. The second-order valence-corrected chi connectivity index (χ2v) is 3.38. The van der Waals surface area contributed by atoms with Crippen molar-refractivity contribution in [1.82, 2.24) is 0 Å². The summed E-state index contributed by atoms with van der Waals surface area (Å²) >= 11 is 0. The molecule has 0 aliphatic heterocycles. The molecule has 0 bridgehead atoms. The summed E-state index contributed by atoms with van der Waals surface area (Å²) in [4.78, 5) is 33.5. The third-order valence-electron chi connectivity index (χ3n) is 2.01. The van der Waals surface area contributed by atoms with Gasteiger partial charge in [-0.3, -0.25) is 14.4 Å². The van der Waals surface area contributed by atoms with Crippen molar-refractivity contribution in [2.75, 3.05) is 0 Å². The van der Waals surface area contributed by atoms with Crippen LogP contribution in [0.3, 0.4) is 0 Å². The fourth-order valence-electron chi connectivity index (χ4n) is 1.12. The maximum Gasteiger partial charge on any atom is 0.281 e. The Labute approximate surface area is 93.8 Å². The molecule has 19 heavy (non-hydrogen) atoms. The number of ether oxygens (including phenoxy) is 3. The average Bonchev–Trinajstić information content (AvgIpc) is 2.27. The number of hydrogen-bond acceptors (Lipinski definition) is 6. The van der Waals surface area contributed by atoms with Gasteiger partial charge in [0.2, 0.25) is 0 Å². The molecule has 0 N–H and O–H groups in total. The van der Waals surface area contributed by atoms with Crippen LogP contribution in [0.1, 0.15) is 19.8 Å². The Morgan fingerprint density at radius 1 is 0.842 bits per heavy atom. The minimum Gasteiger partial charge on any atom is -0.640 e. The number of esters is 3. The van der Waals surface area contributed by atoms with Crippen LogP contribution < -0.4 is 0 Å². The smallest absolute Gasteiger partial charge is 0.281 e. The van der Waals surface area contributed by atoms with Gasteiger partial charge >= 0.3 is 0 Å². The van der Waals surface area contributed by atoms with Crippen molar-refractivity contribution in [2.24, 2.45) is 5.41 Å². The van der Waals surface area contributed by atoms with Crippen molar-refractivity contribution >= 4 is 17.9 Å². The van der Waals surface area contributed by atoms with Crippen molar-refractivity contribution < 1.29 is 28.6 Å². The van der Waals surface area contributed by atoms with E-state index in [1.165, 1.54) is 6.92 Å². The van der Waals surface area contributed by atoms with Crippen LogP contribution in [0.5, 0.6) is 0 Å². The average molecular weight is 1030 g/mol. The molecule has 0 aliphatic carbocycles. The van der Waals surface area contributed by atoms with Crippen molar-refractivity contribution in [1.29, 1.82) is 0 Å². The summed E-state index contributed by atoms with van der Waals surface area (Å²) in [5.41, 5.74) is -1.40. The fraction of sp³-hybridized carbons (Fsp3) is 0.400. The fourth-order valence-corrected chi connectivity index (χ4v) is 1.12. The van der Waals surface area contributed by atoms with Crippen LogP contribution in [0.25, 0.3) is 0 Å². The molecular formula is C10H13O6Rf3-3. The Hall–Kier alpha value is -4.59. The van der Waals surface area contributed by atoms with Crippen LogP contribution in [-0.4, -0.2) is 17.9 Å². The molecule has 0 spiro atoms. The molecule has 98 valence electrons. The van der Waals surface area contributed by atoms with E-state index in [1.54, 1.807) is 0 Å². The third kappa shape index (κ3) is 5.76. The molecule has 0 fully saturated rings. The van der Waals surface area contributed by atoms with E-state index in [9.17, 15) is 14.4 Å². The molecule has 0 atom stereocenters. The van der Waals surface area contributed by atoms with E-state index in [0.717, 1.165) is 0 Å². The van der Waals surface area contributed by atoms with E-state index >= 15 is 0 Å². The largest absolute Gasteiger partial charge is 0.640 e. The van der Waals surface area contributed by atoms with Gasteiger partial charge in [-0.25, -0.2) is 0 Å². The van der Waals surface area contributed by atoms with Crippen molar-refractivity contribution in [3.63, 3.8) is 0 Å². The second-order valence-electron chi connectivity index (χ2n) is 3.38. The van der Waals surface area contributed by atoms with E-state index in [4.69, 9.17) is 0 Å². The zero-order valence-electron chi connectivity index (χ0n) is 11.1. The van der Waals surface area contributed by atoms with Gasteiger partial charge in [-0.2, -0.15) is 21.3 Å². The first-order valence-corrected chi connectivity index (χ1v) is 4.25. The summed E-state index contributed by atoms with van der Waals surface area (Å²) in [6, 6.07) is 0. The van der Waals surface area contributed by atoms with Gasteiger partial charge in [0.05, 0.1) is 18.3 Å². The van der Waals surface area contributed by atoms with Crippen molar-refractivity contribution in [3.8, 4) is 0 Å². The molecule has 0 unspecified atom stereocenters. The Morgan fingerprint density at radius 3 is 1.37 bits per heavy atom. The standard InChI is InChI=1S/C10H13O6.3Rf/c1-10(9(13)16-4,5-7(11)14-2)6-8(12)15-3;;;/h2-6H2,1H3;;;/q-3;;;. The molecule has 0 amide bonds. The minimum atomic E-state index is -1.40. The van der Waals surface area contributed by atoms with E-state index in [0.29, 0.717) is 0 Å². The molecule has 0 saturated heterocycles. The molecule has 0 rings (SSSR count). The normalized spacial score (nSPS) is 8.84. The first-order valence-electron chi connectivity index (χ1n) is 4.25. The molecule has 0 saturated carbocycles. The molecule has 0 aromatic carbocycles. The zero-order chi connectivity index (χ0) is 12.8. The Kier molecular flexibility index (Phi) is 10.9. The predicted octanol–water partition coefficient (Wildman–Crippen LogP) is 0.777. The maximum atomic E-state index is 11.4. The predicted molar refractivity (Wildman–Crippen MR) is 51.7 cm³/mol. The summed E-state index contributed by atoms with van der Waals surface area (Å²) < 4.78 is 12.6. The van der Waals surface area contributed by atoms with Crippen molar-refractivity contribution in [3.05, 3.63) is 21.3 Å². The number of rotatable bonds is 5. The summed E-state index contributed by atoms with van der Waals surface area (Å²) in [6.07, 6.45) is -0.722. The van der Waals surface area contributed by atoms with Crippen LogP contribution >= 0.6 is 0 Å². The third-order valence-corrected chi connectivity index (χ3v) is 2.01. The SMILES string of the molecule is [CH2-]OC(=O)CC(C)(CC(=O)O[CH2-])C(=O)O[CH2-].[Rf].[Rf].[Rf]. The summed E-state index contributed by atoms with van der Waals surface area (Å²) in [7, 11) is 8.75. The van der Waals surface area contributed by atoms with Gasteiger partial charge in [0.25, 0.3) is 17.9 Å². The van der Waals surface area contributed by atoms with E-state index in [1.807, 2.05) is 0 Å². The van der Waals surface area contributed by atoms with Crippen LogP contribution in [0.2, 0.25) is 0 Å². The van der Waals surface area contributed by atoms with Gasteiger partial charge in [-0.05, 0) is 6.92 Å². The van der Waals surface area contributed by atoms with Crippen molar-refractivity contribution in [2.45, 2.75) is 19.8 Å². The second kappa shape index (κ2) is 8.70. The van der Waals surface area contributed by atoms with Crippen LogP contribution in [0.15, 0.2) is 0 Å².